The number of benzene rings is 2. The van der Waals surface area contributed by atoms with E-state index in [-0.39, 0.29) is 34.5 Å². The molecule has 1 unspecified atom stereocenters. The zero-order valence-electron chi connectivity index (χ0n) is 16.9. The number of hydrogen-bond donors (Lipinski definition) is 2. The number of aromatic hydroxyl groups is 1. The number of carbonyl (C=O) groups is 2. The van der Waals surface area contributed by atoms with Gasteiger partial charge in [0.1, 0.15) is 17.1 Å². The van der Waals surface area contributed by atoms with Crippen LogP contribution < -0.4 is 5.43 Å². The number of furan rings is 1. The van der Waals surface area contributed by atoms with E-state index in [9.17, 15) is 19.5 Å². The molecule has 0 radical (unpaired) electrons. The van der Waals surface area contributed by atoms with Gasteiger partial charge in [0, 0.05) is 5.56 Å². The van der Waals surface area contributed by atoms with E-state index in [0.717, 1.165) is 0 Å². The molecular weight excluding hydrogens is 416 g/mol. The molecule has 8 nitrogen and oxygen atoms in total. The third kappa shape index (κ3) is 3.85. The Bertz CT molecular complexity index is 1360. The molecule has 0 bridgehead atoms. The van der Waals surface area contributed by atoms with Crippen LogP contribution in [0.4, 0.5) is 0 Å². The number of ether oxygens (including phenoxy) is 1. The van der Waals surface area contributed by atoms with Gasteiger partial charge in [0.05, 0.1) is 30.4 Å². The fourth-order valence-electron chi connectivity index (χ4n) is 3.43. The van der Waals surface area contributed by atoms with Crippen molar-refractivity contribution in [2.45, 2.75) is 12.3 Å². The standard InChI is InChI=1S/C24H18O8/c1-30-20(25)12-16(23-22(27)21(26)15-4-2-3-5-18(15)32-23)19-11-10-17(31-19)13-6-8-14(9-7-13)24(28)29/h2-11,16,27H,12H2,1H3,(H,28,29). The Balaban J connectivity index is 1.79. The lowest BCUT2D eigenvalue weighted by atomic mass is 9.97. The van der Waals surface area contributed by atoms with Crippen LogP contribution in [-0.4, -0.2) is 29.3 Å². The quantitative estimate of drug-likeness (QED) is 0.433. The van der Waals surface area contributed by atoms with Crippen LogP contribution in [0.25, 0.3) is 22.3 Å². The van der Waals surface area contributed by atoms with Crippen LogP contribution in [-0.2, 0) is 9.53 Å². The number of hydrogen-bond acceptors (Lipinski definition) is 7. The summed E-state index contributed by atoms with van der Waals surface area (Å²) in [7, 11) is 1.23. The van der Waals surface area contributed by atoms with Gasteiger partial charge >= 0.3 is 11.9 Å². The predicted octanol–water partition coefficient (Wildman–Crippen LogP) is 4.15. The fraction of sp³-hybridized carbons (Fsp3) is 0.125. The van der Waals surface area contributed by atoms with Crippen LogP contribution in [0.1, 0.15) is 34.2 Å². The second-order valence-corrected chi connectivity index (χ2v) is 7.06. The maximum Gasteiger partial charge on any atom is 0.335 e. The van der Waals surface area contributed by atoms with Crippen molar-refractivity contribution in [3.8, 4) is 17.1 Å². The van der Waals surface area contributed by atoms with Gasteiger partial charge in [-0.3, -0.25) is 9.59 Å². The zero-order chi connectivity index (χ0) is 22.8. The highest BCUT2D eigenvalue weighted by Crippen LogP contribution is 2.37. The Hall–Kier alpha value is -4.33. The summed E-state index contributed by atoms with van der Waals surface area (Å²) in [6.45, 7) is 0. The van der Waals surface area contributed by atoms with Crippen molar-refractivity contribution in [3.05, 3.63) is 88.0 Å². The van der Waals surface area contributed by atoms with Gasteiger partial charge in [-0.2, -0.15) is 0 Å². The highest BCUT2D eigenvalue weighted by Gasteiger charge is 2.29. The maximum atomic E-state index is 12.6. The van der Waals surface area contributed by atoms with Crippen molar-refractivity contribution in [2.24, 2.45) is 0 Å². The van der Waals surface area contributed by atoms with E-state index in [2.05, 4.69) is 0 Å². The second kappa shape index (κ2) is 8.43. The summed E-state index contributed by atoms with van der Waals surface area (Å²) in [4.78, 5) is 35.8. The number of aromatic carboxylic acids is 1. The lowest BCUT2D eigenvalue weighted by Gasteiger charge is -2.14. The molecule has 0 saturated carbocycles. The maximum absolute atomic E-state index is 12.6. The van der Waals surface area contributed by atoms with Crippen molar-refractivity contribution in [1.82, 2.24) is 0 Å². The van der Waals surface area contributed by atoms with Crippen molar-refractivity contribution in [2.75, 3.05) is 7.11 Å². The molecule has 0 aliphatic rings. The molecule has 2 aromatic carbocycles. The molecule has 0 amide bonds. The molecule has 4 aromatic rings. The van der Waals surface area contributed by atoms with Gasteiger partial charge in [0.15, 0.2) is 5.76 Å². The summed E-state index contributed by atoms with van der Waals surface area (Å²) < 4.78 is 16.5. The Morgan fingerprint density at radius 3 is 2.41 bits per heavy atom. The first-order valence-corrected chi connectivity index (χ1v) is 9.64. The van der Waals surface area contributed by atoms with Gasteiger partial charge in [-0.05, 0) is 36.4 Å². The average Bonchev–Trinajstić information content (AvgIpc) is 3.30. The topological polar surface area (TPSA) is 127 Å². The van der Waals surface area contributed by atoms with Gasteiger partial charge in [-0.15, -0.1) is 0 Å². The third-order valence-electron chi connectivity index (χ3n) is 5.10. The number of carbonyl (C=O) groups excluding carboxylic acids is 1. The minimum atomic E-state index is -1.04. The molecule has 0 saturated heterocycles. The van der Waals surface area contributed by atoms with E-state index in [4.69, 9.17) is 18.7 Å². The van der Waals surface area contributed by atoms with Crippen LogP contribution in [0, 0.1) is 0 Å². The predicted molar refractivity (Wildman–Crippen MR) is 114 cm³/mol. The van der Waals surface area contributed by atoms with E-state index < -0.39 is 29.0 Å². The van der Waals surface area contributed by atoms with E-state index in [1.54, 1.807) is 42.5 Å². The van der Waals surface area contributed by atoms with Crippen LogP contribution in [0.15, 0.2) is 74.3 Å². The summed E-state index contributed by atoms with van der Waals surface area (Å²) in [5.74, 6) is -2.60. The van der Waals surface area contributed by atoms with Crippen LogP contribution in [0.3, 0.4) is 0 Å². The van der Waals surface area contributed by atoms with Gasteiger partial charge < -0.3 is 23.8 Å². The first kappa shape index (κ1) is 20.9. The minimum Gasteiger partial charge on any atom is -0.502 e. The second-order valence-electron chi connectivity index (χ2n) is 7.06. The van der Waals surface area contributed by atoms with E-state index >= 15 is 0 Å². The largest absolute Gasteiger partial charge is 0.502 e. The lowest BCUT2D eigenvalue weighted by molar-refractivity contribution is -0.141. The molecule has 4 rings (SSSR count). The van der Waals surface area contributed by atoms with Crippen molar-refractivity contribution >= 4 is 22.9 Å². The number of carboxylic acid groups (broad SMARTS) is 1. The highest BCUT2D eigenvalue weighted by atomic mass is 16.5. The lowest BCUT2D eigenvalue weighted by Crippen LogP contribution is -2.13. The Labute approximate surface area is 181 Å². The molecule has 2 N–H and O–H groups in total. The fourth-order valence-corrected chi connectivity index (χ4v) is 3.43. The SMILES string of the molecule is COC(=O)CC(c1ccc(-c2ccc(C(=O)O)cc2)o1)c1oc2ccccc2c(=O)c1O. The number of para-hydroxylation sites is 1. The molecule has 8 heteroatoms. The monoisotopic (exact) mass is 434 g/mol. The molecule has 0 fully saturated rings. The van der Waals surface area contributed by atoms with E-state index in [0.29, 0.717) is 11.3 Å². The Morgan fingerprint density at radius 2 is 1.72 bits per heavy atom. The van der Waals surface area contributed by atoms with Gasteiger partial charge in [-0.1, -0.05) is 24.3 Å². The number of esters is 1. The summed E-state index contributed by atoms with van der Waals surface area (Å²) in [6, 6.07) is 15.8. The molecule has 0 spiro atoms. The normalized spacial score (nSPS) is 11.9. The van der Waals surface area contributed by atoms with Gasteiger partial charge in [0.25, 0.3) is 0 Å². The molecular formula is C24H18O8. The summed E-state index contributed by atoms with van der Waals surface area (Å²) >= 11 is 0. The third-order valence-corrected chi connectivity index (χ3v) is 5.10. The molecule has 2 heterocycles. The van der Waals surface area contributed by atoms with Gasteiger partial charge in [-0.25, -0.2) is 4.79 Å². The number of methoxy groups -OCH3 is 1. The number of fused-ring (bicyclic) bond motifs is 1. The average molecular weight is 434 g/mol. The molecule has 162 valence electrons. The highest BCUT2D eigenvalue weighted by molar-refractivity contribution is 5.88. The van der Waals surface area contributed by atoms with Crippen LogP contribution >= 0.6 is 0 Å². The van der Waals surface area contributed by atoms with Crippen LogP contribution in [0.2, 0.25) is 0 Å². The van der Waals surface area contributed by atoms with E-state index in [1.165, 1.54) is 25.3 Å². The van der Waals surface area contributed by atoms with Crippen molar-refractivity contribution in [3.63, 3.8) is 0 Å². The summed E-state index contributed by atoms with van der Waals surface area (Å²) in [5, 5.41) is 19.8. The van der Waals surface area contributed by atoms with Crippen molar-refractivity contribution in [1.29, 1.82) is 0 Å². The Morgan fingerprint density at radius 1 is 1.00 bits per heavy atom. The molecule has 2 aromatic heterocycles. The first-order valence-electron chi connectivity index (χ1n) is 9.64. The molecule has 32 heavy (non-hydrogen) atoms. The molecule has 0 aliphatic heterocycles. The number of rotatable bonds is 6. The summed E-state index contributed by atoms with van der Waals surface area (Å²) in [5.41, 5.74) is 0.387. The minimum absolute atomic E-state index is 0.110. The summed E-state index contributed by atoms with van der Waals surface area (Å²) in [6.07, 6.45) is -0.240. The van der Waals surface area contributed by atoms with Crippen LogP contribution in [0.5, 0.6) is 5.75 Å². The molecule has 0 aliphatic carbocycles. The number of carboxylic acids is 1. The Kier molecular flexibility index (Phi) is 5.51. The van der Waals surface area contributed by atoms with E-state index in [1.807, 2.05) is 0 Å². The van der Waals surface area contributed by atoms with Crippen molar-refractivity contribution < 1.29 is 33.4 Å². The molecule has 1 atom stereocenters. The van der Waals surface area contributed by atoms with Gasteiger partial charge in [0.2, 0.25) is 11.2 Å². The smallest absolute Gasteiger partial charge is 0.335 e. The first-order chi connectivity index (χ1) is 15.4. The zero-order valence-corrected chi connectivity index (χ0v) is 16.9.